The van der Waals surface area contributed by atoms with Crippen LogP contribution >= 0.6 is 11.3 Å². The Bertz CT molecular complexity index is 505. The summed E-state index contributed by atoms with van der Waals surface area (Å²) < 4.78 is 6.46. The molecule has 90 valence electrons. The number of nitrogens with zero attached hydrogens (tertiary/aromatic N) is 2. The third-order valence-corrected chi connectivity index (χ3v) is 3.04. The van der Waals surface area contributed by atoms with Crippen LogP contribution in [0.5, 0.6) is 0 Å². The number of anilines is 1. The average Bonchev–Trinajstić information content (AvgIpc) is 2.91. The van der Waals surface area contributed by atoms with E-state index >= 15 is 0 Å². The molecule has 2 aromatic rings. The van der Waals surface area contributed by atoms with Gasteiger partial charge in [-0.1, -0.05) is 6.07 Å². The maximum atomic E-state index is 11.5. The second-order valence-electron chi connectivity index (χ2n) is 3.41. The molecule has 0 amide bonds. The standard InChI is InChI=1S/C11H13N3O2S/c1-2-16-11(15)9-6-10(12)14(13-9)7-8-4-3-5-17-8/h3-6H,2,7,12H2,1H3. The normalized spacial score (nSPS) is 10.4. The van der Waals surface area contributed by atoms with E-state index in [1.165, 1.54) is 6.07 Å². The molecule has 0 bridgehead atoms. The van der Waals surface area contributed by atoms with Crippen molar-refractivity contribution in [1.29, 1.82) is 0 Å². The lowest BCUT2D eigenvalue weighted by molar-refractivity contribution is 0.0518. The molecule has 0 aromatic carbocycles. The van der Waals surface area contributed by atoms with Crippen molar-refractivity contribution in [3.8, 4) is 0 Å². The molecular weight excluding hydrogens is 238 g/mol. The number of thiophene rings is 1. The minimum absolute atomic E-state index is 0.251. The molecule has 2 aromatic heterocycles. The Hall–Kier alpha value is -1.82. The van der Waals surface area contributed by atoms with Gasteiger partial charge in [-0.25, -0.2) is 9.48 Å². The summed E-state index contributed by atoms with van der Waals surface area (Å²) in [6.07, 6.45) is 0. The number of nitrogens with two attached hydrogens (primary N) is 1. The van der Waals surface area contributed by atoms with Gasteiger partial charge in [0.05, 0.1) is 13.2 Å². The van der Waals surface area contributed by atoms with Crippen molar-refractivity contribution in [3.05, 3.63) is 34.2 Å². The maximum absolute atomic E-state index is 11.5. The zero-order chi connectivity index (χ0) is 12.3. The number of nitrogen functional groups attached to an aromatic ring is 1. The first kappa shape index (κ1) is 11.7. The maximum Gasteiger partial charge on any atom is 0.358 e. The Morgan fingerprint density at radius 2 is 2.47 bits per heavy atom. The summed E-state index contributed by atoms with van der Waals surface area (Å²) in [5.74, 6) is 0.0191. The predicted molar refractivity (Wildman–Crippen MR) is 66.0 cm³/mol. The van der Waals surface area contributed by atoms with Gasteiger partial charge in [0.15, 0.2) is 5.69 Å². The number of rotatable bonds is 4. The van der Waals surface area contributed by atoms with Crippen molar-refractivity contribution in [1.82, 2.24) is 9.78 Å². The van der Waals surface area contributed by atoms with Gasteiger partial charge in [0, 0.05) is 10.9 Å². The lowest BCUT2D eigenvalue weighted by Crippen LogP contribution is -2.08. The summed E-state index contributed by atoms with van der Waals surface area (Å²) in [5, 5.41) is 6.11. The van der Waals surface area contributed by atoms with Crippen molar-refractivity contribution in [3.63, 3.8) is 0 Å². The van der Waals surface area contributed by atoms with Gasteiger partial charge in [0.25, 0.3) is 0 Å². The molecule has 0 fully saturated rings. The Labute approximate surface area is 103 Å². The summed E-state index contributed by atoms with van der Waals surface area (Å²) >= 11 is 1.62. The van der Waals surface area contributed by atoms with Crippen LogP contribution in [0.4, 0.5) is 5.82 Å². The van der Waals surface area contributed by atoms with E-state index < -0.39 is 5.97 Å². The van der Waals surface area contributed by atoms with Gasteiger partial charge in [-0.15, -0.1) is 11.3 Å². The molecule has 6 heteroatoms. The first-order valence-electron chi connectivity index (χ1n) is 5.23. The second kappa shape index (κ2) is 5.01. The van der Waals surface area contributed by atoms with Crippen LogP contribution < -0.4 is 5.73 Å². The van der Waals surface area contributed by atoms with Crippen molar-refractivity contribution in [2.45, 2.75) is 13.5 Å². The van der Waals surface area contributed by atoms with Crippen molar-refractivity contribution < 1.29 is 9.53 Å². The molecule has 17 heavy (non-hydrogen) atoms. The average molecular weight is 251 g/mol. The molecule has 0 aliphatic rings. The van der Waals surface area contributed by atoms with Crippen molar-refractivity contribution in [2.75, 3.05) is 12.3 Å². The van der Waals surface area contributed by atoms with Crippen LogP contribution in [-0.2, 0) is 11.3 Å². The van der Waals surface area contributed by atoms with E-state index in [2.05, 4.69) is 5.10 Å². The fraction of sp³-hybridized carbons (Fsp3) is 0.273. The monoisotopic (exact) mass is 251 g/mol. The van der Waals surface area contributed by atoms with Gasteiger partial charge in [-0.05, 0) is 18.4 Å². The van der Waals surface area contributed by atoms with E-state index in [9.17, 15) is 4.79 Å². The number of carbonyl (C=O) groups is 1. The molecule has 2 heterocycles. The van der Waals surface area contributed by atoms with Crippen LogP contribution in [0.25, 0.3) is 0 Å². The molecule has 0 unspecified atom stereocenters. The first-order chi connectivity index (χ1) is 8.20. The van der Waals surface area contributed by atoms with Crippen LogP contribution in [0.3, 0.4) is 0 Å². The molecule has 0 aliphatic carbocycles. The van der Waals surface area contributed by atoms with Crippen LogP contribution in [0, 0.1) is 0 Å². The third-order valence-electron chi connectivity index (χ3n) is 2.18. The molecule has 0 saturated carbocycles. The lowest BCUT2D eigenvalue weighted by atomic mass is 10.4. The van der Waals surface area contributed by atoms with Crippen LogP contribution in [-0.4, -0.2) is 22.4 Å². The molecular formula is C11H13N3O2S. The summed E-state index contributed by atoms with van der Waals surface area (Å²) in [6, 6.07) is 5.49. The Balaban J connectivity index is 2.16. The largest absolute Gasteiger partial charge is 0.461 e. The Kier molecular flexibility index (Phi) is 3.43. The molecule has 2 N–H and O–H groups in total. The molecule has 2 rings (SSSR count). The Morgan fingerprint density at radius 1 is 1.65 bits per heavy atom. The smallest absolute Gasteiger partial charge is 0.358 e. The van der Waals surface area contributed by atoms with Gasteiger partial charge in [0.1, 0.15) is 5.82 Å². The topological polar surface area (TPSA) is 70.1 Å². The number of esters is 1. The highest BCUT2D eigenvalue weighted by Crippen LogP contribution is 2.14. The van der Waals surface area contributed by atoms with Crippen molar-refractivity contribution in [2.24, 2.45) is 0 Å². The second-order valence-corrected chi connectivity index (χ2v) is 4.44. The minimum atomic E-state index is -0.441. The highest BCUT2D eigenvalue weighted by molar-refractivity contribution is 7.09. The number of hydrogen-bond acceptors (Lipinski definition) is 5. The minimum Gasteiger partial charge on any atom is -0.461 e. The lowest BCUT2D eigenvalue weighted by Gasteiger charge is -2.00. The number of ether oxygens (including phenoxy) is 1. The molecule has 0 atom stereocenters. The first-order valence-corrected chi connectivity index (χ1v) is 6.11. The fourth-order valence-electron chi connectivity index (χ4n) is 1.41. The van der Waals surface area contributed by atoms with E-state index in [0.29, 0.717) is 19.0 Å². The van der Waals surface area contributed by atoms with Crippen molar-refractivity contribution >= 4 is 23.1 Å². The van der Waals surface area contributed by atoms with E-state index in [4.69, 9.17) is 10.5 Å². The SMILES string of the molecule is CCOC(=O)c1cc(N)n(Cc2cccs2)n1. The van der Waals surface area contributed by atoms with Crippen LogP contribution in [0.1, 0.15) is 22.3 Å². The van der Waals surface area contributed by atoms with Crippen LogP contribution in [0.15, 0.2) is 23.6 Å². The summed E-state index contributed by atoms with van der Waals surface area (Å²) in [7, 11) is 0. The van der Waals surface area contributed by atoms with E-state index in [-0.39, 0.29) is 5.69 Å². The highest BCUT2D eigenvalue weighted by Gasteiger charge is 2.13. The van der Waals surface area contributed by atoms with Gasteiger partial charge in [-0.3, -0.25) is 0 Å². The van der Waals surface area contributed by atoms with E-state index in [1.54, 1.807) is 22.9 Å². The van der Waals surface area contributed by atoms with Gasteiger partial charge in [-0.2, -0.15) is 5.10 Å². The van der Waals surface area contributed by atoms with E-state index in [1.807, 2.05) is 17.5 Å². The molecule has 5 nitrogen and oxygen atoms in total. The quantitative estimate of drug-likeness (QED) is 0.840. The summed E-state index contributed by atoms with van der Waals surface area (Å²) in [4.78, 5) is 12.6. The molecule has 0 aliphatic heterocycles. The molecule has 0 radical (unpaired) electrons. The highest BCUT2D eigenvalue weighted by atomic mass is 32.1. The van der Waals surface area contributed by atoms with Gasteiger partial charge >= 0.3 is 5.97 Å². The third kappa shape index (κ3) is 2.65. The summed E-state index contributed by atoms with van der Waals surface area (Å²) in [5.41, 5.74) is 6.04. The number of carbonyl (C=O) groups excluding carboxylic acids is 1. The zero-order valence-electron chi connectivity index (χ0n) is 9.42. The molecule has 0 spiro atoms. The molecule has 0 saturated heterocycles. The number of aromatic nitrogens is 2. The number of hydrogen-bond donors (Lipinski definition) is 1. The van der Waals surface area contributed by atoms with Gasteiger partial charge in [0.2, 0.25) is 0 Å². The zero-order valence-corrected chi connectivity index (χ0v) is 10.2. The van der Waals surface area contributed by atoms with Gasteiger partial charge < -0.3 is 10.5 Å². The summed E-state index contributed by atoms with van der Waals surface area (Å²) in [6.45, 7) is 2.66. The fourth-order valence-corrected chi connectivity index (χ4v) is 2.10. The Morgan fingerprint density at radius 3 is 3.12 bits per heavy atom. The van der Waals surface area contributed by atoms with Crippen LogP contribution in [0.2, 0.25) is 0 Å². The predicted octanol–water partition coefficient (Wildman–Crippen LogP) is 1.75. The van der Waals surface area contributed by atoms with E-state index in [0.717, 1.165) is 4.88 Å².